The number of pyridine rings is 1. The number of fused-ring (bicyclic) bond motifs is 9. The van der Waals surface area contributed by atoms with Gasteiger partial charge in [0.15, 0.2) is 5.65 Å². The fraction of sp³-hybridized carbons (Fsp3) is 0.333. The number of aromatic nitrogens is 4. The van der Waals surface area contributed by atoms with Crippen molar-refractivity contribution in [1.29, 1.82) is 0 Å². The molecule has 11 heteroatoms. The zero-order valence-corrected chi connectivity index (χ0v) is 19.9. The summed E-state index contributed by atoms with van der Waals surface area (Å²) in [6.07, 6.45) is 5.39. The van der Waals surface area contributed by atoms with E-state index in [4.69, 9.17) is 19.6 Å². The molecule has 1 amide bonds. The van der Waals surface area contributed by atoms with Gasteiger partial charge in [0.2, 0.25) is 0 Å². The average molecular weight is 524 g/mol. The molecule has 4 aromatic rings. The Morgan fingerprint density at radius 2 is 2.11 bits per heavy atom. The number of hydrogen-bond donors (Lipinski definition) is 1. The van der Waals surface area contributed by atoms with E-state index in [1.54, 1.807) is 12.3 Å². The zero-order chi connectivity index (χ0) is 28.8. The molecule has 2 bridgehead atoms. The Morgan fingerprint density at radius 1 is 1.26 bits per heavy atom. The van der Waals surface area contributed by atoms with Crippen LogP contribution < -0.4 is 10.5 Å². The molecular formula is C27H23F3N6O2. The number of rotatable bonds is 4. The Labute approximate surface area is 219 Å². The molecule has 0 saturated heterocycles. The van der Waals surface area contributed by atoms with Gasteiger partial charge in [0.1, 0.15) is 11.6 Å². The predicted molar refractivity (Wildman–Crippen MR) is 130 cm³/mol. The lowest BCUT2D eigenvalue weighted by Crippen LogP contribution is -2.44. The van der Waals surface area contributed by atoms with E-state index in [9.17, 15) is 13.6 Å². The first-order chi connectivity index (χ1) is 19.5. The number of hydrogen-bond acceptors (Lipinski definition) is 6. The van der Waals surface area contributed by atoms with Crippen LogP contribution in [0.15, 0.2) is 42.7 Å². The molecule has 1 aliphatic heterocycles. The average Bonchev–Trinajstić information content (AvgIpc) is 3.39. The largest absolute Gasteiger partial charge is 0.434 e. The summed E-state index contributed by atoms with van der Waals surface area (Å²) >= 11 is 0. The lowest BCUT2D eigenvalue weighted by Gasteiger charge is -2.37. The molecule has 0 unspecified atom stereocenters. The first-order valence-electron chi connectivity index (χ1n) is 13.7. The first-order valence-corrected chi connectivity index (χ1v) is 12.2. The molecule has 2 aliphatic carbocycles. The van der Waals surface area contributed by atoms with Crippen LogP contribution in [-0.4, -0.2) is 44.0 Å². The molecular weight excluding hydrogens is 497 g/mol. The summed E-state index contributed by atoms with van der Waals surface area (Å²) in [4.78, 5) is 23.4. The minimum Gasteiger partial charge on any atom is -0.434 e. The van der Waals surface area contributed by atoms with E-state index in [2.05, 4.69) is 10.1 Å². The molecule has 8 nitrogen and oxygen atoms in total. The van der Waals surface area contributed by atoms with Gasteiger partial charge in [-0.25, -0.2) is 13.9 Å². The fourth-order valence-corrected chi connectivity index (χ4v) is 5.95. The Balaban J connectivity index is 1.41. The quantitative estimate of drug-likeness (QED) is 0.422. The molecule has 3 aromatic heterocycles. The third-order valence-electron chi connectivity index (χ3n) is 7.92. The third-order valence-corrected chi connectivity index (χ3v) is 7.92. The highest BCUT2D eigenvalue weighted by atomic mass is 19.3. The summed E-state index contributed by atoms with van der Waals surface area (Å²) in [5.41, 5.74) is 7.70. The lowest BCUT2D eigenvalue weighted by molar-refractivity contribution is -0.0505. The van der Waals surface area contributed by atoms with E-state index in [0.717, 1.165) is 11.3 Å². The van der Waals surface area contributed by atoms with Gasteiger partial charge in [-0.1, -0.05) is 6.07 Å². The van der Waals surface area contributed by atoms with Crippen LogP contribution in [0.1, 0.15) is 74.6 Å². The number of benzene rings is 1. The SMILES string of the molecule is [2H]C([2H])([2H])N1C(=O)c2cccc(OC(F)F)c2[C@H]2C[C@@H]1c1nn3ccc(-c4cnc(C5(N)CCC5)c(F)c4)nc3c12. The minimum absolute atomic E-state index is 0.0403. The maximum absolute atomic E-state index is 15.1. The highest BCUT2D eigenvalue weighted by molar-refractivity contribution is 5.98. The number of carbonyl (C=O) groups excluding carboxylic acids is 1. The van der Waals surface area contributed by atoms with Crippen molar-refractivity contribution in [3.8, 4) is 17.0 Å². The van der Waals surface area contributed by atoms with Gasteiger partial charge in [-0.15, -0.1) is 0 Å². The van der Waals surface area contributed by atoms with E-state index >= 15 is 4.39 Å². The molecule has 4 heterocycles. The van der Waals surface area contributed by atoms with Crippen molar-refractivity contribution in [2.75, 3.05) is 6.98 Å². The second-order valence-electron chi connectivity index (χ2n) is 10.0. The van der Waals surface area contributed by atoms with Crippen molar-refractivity contribution >= 4 is 11.6 Å². The molecule has 2 atom stereocenters. The van der Waals surface area contributed by atoms with Gasteiger partial charge in [0.25, 0.3) is 5.91 Å². The topological polar surface area (TPSA) is 98.6 Å². The van der Waals surface area contributed by atoms with Crippen LogP contribution in [0.25, 0.3) is 16.9 Å². The number of nitrogens with zero attached hydrogens (tertiary/aromatic N) is 5. The van der Waals surface area contributed by atoms with Crippen LogP contribution in [0.5, 0.6) is 5.75 Å². The summed E-state index contributed by atoms with van der Waals surface area (Å²) in [5, 5.41) is 4.57. The maximum Gasteiger partial charge on any atom is 0.387 e. The molecule has 7 rings (SSSR count). The van der Waals surface area contributed by atoms with Crippen molar-refractivity contribution in [1.82, 2.24) is 24.5 Å². The number of alkyl halides is 2. The van der Waals surface area contributed by atoms with Crippen LogP contribution in [0.3, 0.4) is 0 Å². The van der Waals surface area contributed by atoms with Gasteiger partial charge in [-0.05, 0) is 49.9 Å². The third kappa shape index (κ3) is 3.20. The van der Waals surface area contributed by atoms with E-state index in [0.29, 0.717) is 41.0 Å². The summed E-state index contributed by atoms with van der Waals surface area (Å²) in [6.45, 7) is -6.00. The van der Waals surface area contributed by atoms with Crippen LogP contribution in [-0.2, 0) is 5.54 Å². The van der Waals surface area contributed by atoms with Gasteiger partial charge >= 0.3 is 6.61 Å². The first kappa shape index (κ1) is 20.0. The summed E-state index contributed by atoms with van der Waals surface area (Å²) < 4.78 is 72.5. The van der Waals surface area contributed by atoms with Crippen molar-refractivity contribution in [2.24, 2.45) is 5.73 Å². The number of carbonyl (C=O) groups is 1. The zero-order valence-electron chi connectivity index (χ0n) is 22.9. The van der Waals surface area contributed by atoms with Crippen LogP contribution >= 0.6 is 0 Å². The second-order valence-corrected chi connectivity index (χ2v) is 10.0. The number of amides is 1. The summed E-state index contributed by atoms with van der Waals surface area (Å²) in [7, 11) is 0. The van der Waals surface area contributed by atoms with Crippen molar-refractivity contribution in [3.05, 3.63) is 76.6 Å². The highest BCUT2D eigenvalue weighted by Crippen LogP contribution is 2.53. The van der Waals surface area contributed by atoms with E-state index in [1.165, 1.54) is 35.0 Å². The van der Waals surface area contributed by atoms with Crippen LogP contribution in [0.4, 0.5) is 13.2 Å². The predicted octanol–water partition coefficient (Wildman–Crippen LogP) is 4.53. The van der Waals surface area contributed by atoms with Gasteiger partial charge in [0.05, 0.1) is 28.7 Å². The van der Waals surface area contributed by atoms with Crippen LogP contribution in [0, 0.1) is 5.82 Å². The molecule has 38 heavy (non-hydrogen) atoms. The fourth-order valence-electron chi connectivity index (χ4n) is 5.95. The van der Waals surface area contributed by atoms with Crippen molar-refractivity contribution in [2.45, 2.75) is 49.8 Å². The molecule has 0 spiro atoms. The van der Waals surface area contributed by atoms with Crippen LogP contribution in [0.2, 0.25) is 0 Å². The molecule has 194 valence electrons. The van der Waals surface area contributed by atoms with E-state index in [-0.39, 0.29) is 29.0 Å². The highest BCUT2D eigenvalue weighted by Gasteiger charge is 2.46. The minimum atomic E-state index is -3.16. The van der Waals surface area contributed by atoms with E-state index < -0.39 is 42.8 Å². The summed E-state index contributed by atoms with van der Waals surface area (Å²) in [5.74, 6) is -2.30. The number of halogens is 3. The van der Waals surface area contributed by atoms with Crippen molar-refractivity contribution in [3.63, 3.8) is 0 Å². The lowest BCUT2D eigenvalue weighted by atomic mass is 9.75. The monoisotopic (exact) mass is 523 g/mol. The Kier molecular flexibility index (Phi) is 4.22. The van der Waals surface area contributed by atoms with Crippen molar-refractivity contribution < 1.29 is 26.8 Å². The van der Waals surface area contributed by atoms with Gasteiger partial charge < -0.3 is 15.4 Å². The number of nitrogens with two attached hydrogens (primary N) is 1. The summed E-state index contributed by atoms with van der Waals surface area (Å²) in [6, 6.07) is 6.08. The normalized spacial score (nSPS) is 22.8. The Bertz CT molecular complexity index is 1740. The molecule has 3 aliphatic rings. The molecule has 1 saturated carbocycles. The Hall–Kier alpha value is -3.99. The molecule has 0 radical (unpaired) electrons. The molecule has 2 N–H and O–H groups in total. The van der Waals surface area contributed by atoms with Gasteiger partial charge in [0, 0.05) is 51.7 Å². The molecule has 1 fully saturated rings. The maximum atomic E-state index is 15.1. The number of ether oxygens (including phenoxy) is 1. The Morgan fingerprint density at radius 3 is 2.82 bits per heavy atom. The molecule has 1 aromatic carbocycles. The standard InChI is InChI=1S/C27H23F3N6O2/c1-35-18-11-15(20-14(25(35)37)4-2-5-19(20)38-26(29)30)21-22(18)34-36-9-6-17(33-24(21)36)13-10-16(28)23(32-12-13)27(31)7-3-8-27/h2,4-6,9-10,12,15,18,26H,3,7-8,11,31H2,1H3/t15-,18-/m1/s1/i1D3. The van der Waals surface area contributed by atoms with E-state index in [1.807, 2.05) is 0 Å². The second kappa shape index (κ2) is 8.00. The van der Waals surface area contributed by atoms with Gasteiger partial charge in [-0.3, -0.25) is 9.78 Å². The van der Waals surface area contributed by atoms with Gasteiger partial charge in [-0.2, -0.15) is 13.9 Å². The smallest absolute Gasteiger partial charge is 0.387 e.